The van der Waals surface area contributed by atoms with E-state index in [0.717, 1.165) is 5.56 Å². The number of hydrogen-bond donors (Lipinski definition) is 0. The molecule has 0 aliphatic carbocycles. The topological polar surface area (TPSA) is 108 Å². The van der Waals surface area contributed by atoms with Crippen LogP contribution in [0.3, 0.4) is 0 Å². The number of esters is 1. The van der Waals surface area contributed by atoms with Gasteiger partial charge in [0.1, 0.15) is 12.4 Å². The SMILES string of the molecule is O=C(OCc1cc([N+](=O)[O-])cc2c1OCOC2)C1CCN(C(=O)/C=C/c2ccccc2)CC1. The van der Waals surface area contributed by atoms with Gasteiger partial charge in [0.05, 0.1) is 17.4 Å². The second kappa shape index (κ2) is 10.3. The zero-order valence-corrected chi connectivity index (χ0v) is 18.0. The van der Waals surface area contributed by atoms with Crippen molar-refractivity contribution in [1.82, 2.24) is 4.90 Å². The fourth-order valence-electron chi connectivity index (χ4n) is 3.93. The molecule has 0 N–H and O–H groups in total. The summed E-state index contributed by atoms with van der Waals surface area (Å²) in [4.78, 5) is 37.5. The number of hydrogen-bond acceptors (Lipinski definition) is 7. The maximum Gasteiger partial charge on any atom is 0.309 e. The quantitative estimate of drug-likeness (QED) is 0.286. The number of carbonyl (C=O) groups is 2. The number of benzene rings is 2. The third kappa shape index (κ3) is 5.56. The highest BCUT2D eigenvalue weighted by molar-refractivity contribution is 5.92. The Kier molecular flexibility index (Phi) is 6.99. The molecule has 0 unspecified atom stereocenters. The maximum atomic E-state index is 12.6. The van der Waals surface area contributed by atoms with E-state index in [4.69, 9.17) is 14.2 Å². The average molecular weight is 452 g/mol. The number of ether oxygens (including phenoxy) is 3. The molecule has 2 aliphatic rings. The molecule has 2 aliphatic heterocycles. The predicted molar refractivity (Wildman–Crippen MR) is 118 cm³/mol. The lowest BCUT2D eigenvalue weighted by molar-refractivity contribution is -0.385. The van der Waals surface area contributed by atoms with Gasteiger partial charge in [0.15, 0.2) is 6.79 Å². The molecule has 2 aromatic carbocycles. The van der Waals surface area contributed by atoms with Crippen LogP contribution in [0.4, 0.5) is 5.69 Å². The average Bonchev–Trinajstić information content (AvgIpc) is 2.86. The number of nitro groups is 1. The van der Waals surface area contributed by atoms with Crippen molar-refractivity contribution in [3.05, 3.63) is 75.3 Å². The first-order chi connectivity index (χ1) is 16.0. The first kappa shape index (κ1) is 22.5. The van der Waals surface area contributed by atoms with Crippen molar-refractivity contribution in [2.75, 3.05) is 19.9 Å². The van der Waals surface area contributed by atoms with Gasteiger partial charge in [0, 0.05) is 42.4 Å². The van der Waals surface area contributed by atoms with Crippen molar-refractivity contribution in [3.8, 4) is 5.75 Å². The third-order valence-electron chi connectivity index (χ3n) is 5.71. The van der Waals surface area contributed by atoms with E-state index in [-0.39, 0.29) is 43.5 Å². The summed E-state index contributed by atoms with van der Waals surface area (Å²) in [6.07, 6.45) is 4.32. The Balaban J connectivity index is 1.31. The molecule has 4 rings (SSSR count). The Bertz CT molecular complexity index is 1060. The Labute approximate surface area is 190 Å². The highest BCUT2D eigenvalue weighted by Crippen LogP contribution is 2.33. The first-order valence-electron chi connectivity index (χ1n) is 10.7. The molecule has 1 fully saturated rings. The van der Waals surface area contributed by atoms with Crippen LogP contribution in [0.2, 0.25) is 0 Å². The van der Waals surface area contributed by atoms with Crippen LogP contribution in [0.1, 0.15) is 29.5 Å². The van der Waals surface area contributed by atoms with Crippen LogP contribution >= 0.6 is 0 Å². The molecule has 9 nitrogen and oxygen atoms in total. The van der Waals surface area contributed by atoms with Gasteiger partial charge in [0.2, 0.25) is 5.91 Å². The summed E-state index contributed by atoms with van der Waals surface area (Å²) < 4.78 is 16.1. The molecule has 1 saturated heterocycles. The molecule has 9 heteroatoms. The minimum atomic E-state index is -0.501. The highest BCUT2D eigenvalue weighted by Gasteiger charge is 2.28. The van der Waals surface area contributed by atoms with E-state index < -0.39 is 4.92 Å². The molecular weight excluding hydrogens is 428 g/mol. The molecule has 2 heterocycles. The number of likely N-dealkylation sites (tertiary alicyclic amines) is 1. The maximum absolute atomic E-state index is 12.6. The van der Waals surface area contributed by atoms with Crippen molar-refractivity contribution in [2.24, 2.45) is 5.92 Å². The van der Waals surface area contributed by atoms with Crippen molar-refractivity contribution in [3.63, 3.8) is 0 Å². The van der Waals surface area contributed by atoms with Crippen LogP contribution in [-0.4, -0.2) is 41.6 Å². The van der Waals surface area contributed by atoms with Gasteiger partial charge in [-0.1, -0.05) is 30.3 Å². The van der Waals surface area contributed by atoms with Crippen molar-refractivity contribution >= 4 is 23.6 Å². The van der Waals surface area contributed by atoms with E-state index >= 15 is 0 Å². The highest BCUT2D eigenvalue weighted by atomic mass is 16.7. The van der Waals surface area contributed by atoms with Gasteiger partial charge < -0.3 is 19.1 Å². The van der Waals surface area contributed by atoms with Crippen molar-refractivity contribution < 1.29 is 28.7 Å². The van der Waals surface area contributed by atoms with Gasteiger partial charge in [-0.3, -0.25) is 19.7 Å². The van der Waals surface area contributed by atoms with Crippen LogP contribution < -0.4 is 4.74 Å². The summed E-state index contributed by atoms with van der Waals surface area (Å²) in [7, 11) is 0. The fraction of sp³-hybridized carbons (Fsp3) is 0.333. The molecule has 0 aromatic heterocycles. The molecule has 1 amide bonds. The van der Waals surface area contributed by atoms with Gasteiger partial charge in [-0.05, 0) is 24.5 Å². The zero-order chi connectivity index (χ0) is 23.2. The van der Waals surface area contributed by atoms with Gasteiger partial charge in [-0.25, -0.2) is 0 Å². The van der Waals surface area contributed by atoms with Gasteiger partial charge in [-0.15, -0.1) is 0 Å². The molecule has 33 heavy (non-hydrogen) atoms. The number of nitrogens with zero attached hydrogens (tertiary/aromatic N) is 2. The normalized spacial score (nSPS) is 16.2. The summed E-state index contributed by atoms with van der Waals surface area (Å²) in [6, 6.07) is 12.3. The number of amides is 1. The molecule has 0 spiro atoms. The smallest absolute Gasteiger partial charge is 0.309 e. The van der Waals surface area contributed by atoms with Gasteiger partial charge >= 0.3 is 5.97 Å². The number of fused-ring (bicyclic) bond motifs is 1. The first-order valence-corrected chi connectivity index (χ1v) is 10.7. The molecule has 0 saturated carbocycles. The predicted octanol–water partition coefficient (Wildman–Crippen LogP) is 3.46. The molecule has 0 radical (unpaired) electrons. The monoisotopic (exact) mass is 452 g/mol. The molecule has 0 atom stereocenters. The van der Waals surface area contributed by atoms with Crippen molar-refractivity contribution in [2.45, 2.75) is 26.1 Å². The standard InChI is InChI=1S/C24H24N2O7/c27-22(7-6-17-4-2-1-3-5-17)25-10-8-18(9-11-25)24(28)32-15-20-13-21(26(29)30)12-19-14-31-16-33-23(19)20/h1-7,12-13,18H,8-11,14-16H2/b7-6+. The van der Waals surface area contributed by atoms with Crippen LogP contribution in [0.15, 0.2) is 48.5 Å². The number of rotatable bonds is 6. The van der Waals surface area contributed by atoms with E-state index in [1.807, 2.05) is 30.3 Å². The third-order valence-corrected chi connectivity index (χ3v) is 5.71. The summed E-state index contributed by atoms with van der Waals surface area (Å²) in [5, 5.41) is 11.2. The Hall–Kier alpha value is -3.72. The summed E-state index contributed by atoms with van der Waals surface area (Å²) in [5.41, 5.74) is 1.83. The zero-order valence-electron chi connectivity index (χ0n) is 18.0. The fourth-order valence-corrected chi connectivity index (χ4v) is 3.93. The van der Waals surface area contributed by atoms with Crippen LogP contribution in [-0.2, 0) is 32.3 Å². The Morgan fingerprint density at radius 2 is 1.94 bits per heavy atom. The number of non-ortho nitro benzene ring substituents is 1. The van der Waals surface area contributed by atoms with Gasteiger partial charge in [-0.2, -0.15) is 0 Å². The Morgan fingerprint density at radius 1 is 1.18 bits per heavy atom. The van der Waals surface area contributed by atoms with E-state index in [1.165, 1.54) is 12.1 Å². The molecular formula is C24H24N2O7. The van der Waals surface area contributed by atoms with Crippen LogP contribution in [0, 0.1) is 16.0 Å². The van der Waals surface area contributed by atoms with E-state index in [2.05, 4.69) is 0 Å². The lowest BCUT2D eigenvalue weighted by Crippen LogP contribution is -2.39. The minimum Gasteiger partial charge on any atom is -0.467 e. The molecule has 172 valence electrons. The molecule has 0 bridgehead atoms. The number of piperidine rings is 1. The van der Waals surface area contributed by atoms with Crippen LogP contribution in [0.25, 0.3) is 6.08 Å². The number of carbonyl (C=O) groups excluding carboxylic acids is 2. The lowest BCUT2D eigenvalue weighted by Gasteiger charge is -2.30. The second-order valence-electron chi connectivity index (χ2n) is 7.91. The lowest BCUT2D eigenvalue weighted by atomic mass is 9.97. The van der Waals surface area contributed by atoms with E-state index in [0.29, 0.717) is 42.8 Å². The summed E-state index contributed by atoms with van der Waals surface area (Å²) >= 11 is 0. The second-order valence-corrected chi connectivity index (χ2v) is 7.91. The van der Waals surface area contributed by atoms with Crippen molar-refractivity contribution in [1.29, 1.82) is 0 Å². The summed E-state index contributed by atoms with van der Waals surface area (Å²) in [5.74, 6) is -0.335. The van der Waals surface area contributed by atoms with Crippen LogP contribution in [0.5, 0.6) is 5.75 Å². The summed E-state index contributed by atoms with van der Waals surface area (Å²) in [6.45, 7) is 1.04. The largest absolute Gasteiger partial charge is 0.467 e. The Morgan fingerprint density at radius 3 is 2.67 bits per heavy atom. The number of nitro benzene ring substituents is 1. The van der Waals surface area contributed by atoms with E-state index in [1.54, 1.807) is 17.1 Å². The van der Waals surface area contributed by atoms with Gasteiger partial charge in [0.25, 0.3) is 5.69 Å². The molecule has 2 aromatic rings. The van der Waals surface area contributed by atoms with E-state index in [9.17, 15) is 19.7 Å². The minimum absolute atomic E-state index is 0.0387.